The molecule has 2 aromatic rings. The van der Waals surface area contributed by atoms with Crippen LogP contribution in [-0.4, -0.2) is 14.2 Å². The van der Waals surface area contributed by atoms with E-state index < -0.39 is 0 Å². The van der Waals surface area contributed by atoms with Crippen LogP contribution in [0.2, 0.25) is 0 Å². The molecule has 0 amide bonds. The molecule has 0 aliphatic carbocycles. The van der Waals surface area contributed by atoms with E-state index in [1.807, 2.05) is 0 Å². The molecule has 0 fully saturated rings. The Balaban J connectivity index is 2.17. The van der Waals surface area contributed by atoms with E-state index in [1.165, 1.54) is 27.8 Å². The Morgan fingerprint density at radius 2 is 1.29 bits per heavy atom. The SMILES string of the molecule is COCc1ccc(/C=C/c2ccc(C(C)(C)C)cc2)cc1COC. The van der Waals surface area contributed by atoms with E-state index in [4.69, 9.17) is 9.47 Å². The predicted molar refractivity (Wildman–Crippen MR) is 102 cm³/mol. The Bertz CT molecular complexity index is 676. The molecule has 0 unspecified atom stereocenters. The second kappa shape index (κ2) is 8.27. The fourth-order valence-electron chi connectivity index (χ4n) is 2.62. The van der Waals surface area contributed by atoms with E-state index in [1.54, 1.807) is 14.2 Å². The van der Waals surface area contributed by atoms with Crippen LogP contribution in [0.15, 0.2) is 42.5 Å². The first kappa shape index (κ1) is 18.4. The largest absolute Gasteiger partial charge is 0.380 e. The molecule has 0 heterocycles. The van der Waals surface area contributed by atoms with Crippen LogP contribution in [0.4, 0.5) is 0 Å². The number of hydrogen-bond acceptors (Lipinski definition) is 2. The first-order valence-corrected chi connectivity index (χ1v) is 8.32. The molecule has 0 spiro atoms. The molecule has 0 aromatic heterocycles. The summed E-state index contributed by atoms with van der Waals surface area (Å²) in [6.07, 6.45) is 4.29. The Hall–Kier alpha value is -1.90. The van der Waals surface area contributed by atoms with E-state index in [0.29, 0.717) is 13.2 Å². The summed E-state index contributed by atoms with van der Waals surface area (Å²) in [6.45, 7) is 7.90. The van der Waals surface area contributed by atoms with Crippen LogP contribution in [0, 0.1) is 0 Å². The molecule has 0 aliphatic heterocycles. The molecule has 0 aliphatic rings. The quantitative estimate of drug-likeness (QED) is 0.658. The third-order valence-corrected chi connectivity index (χ3v) is 4.07. The lowest BCUT2D eigenvalue weighted by Gasteiger charge is -2.18. The van der Waals surface area contributed by atoms with Gasteiger partial charge in [-0.15, -0.1) is 0 Å². The van der Waals surface area contributed by atoms with Crippen LogP contribution in [0.1, 0.15) is 48.6 Å². The van der Waals surface area contributed by atoms with Gasteiger partial charge >= 0.3 is 0 Å². The third kappa shape index (κ3) is 5.05. The molecule has 0 radical (unpaired) electrons. The van der Waals surface area contributed by atoms with Gasteiger partial charge < -0.3 is 9.47 Å². The zero-order valence-corrected chi connectivity index (χ0v) is 15.4. The van der Waals surface area contributed by atoms with Crippen molar-refractivity contribution in [3.05, 3.63) is 70.3 Å². The second-order valence-electron chi connectivity index (χ2n) is 7.10. The fraction of sp³-hybridized carbons (Fsp3) is 0.364. The molecule has 0 N–H and O–H groups in total. The molecular weight excluding hydrogens is 296 g/mol. The molecule has 0 saturated carbocycles. The molecule has 0 atom stereocenters. The normalized spacial score (nSPS) is 12.0. The summed E-state index contributed by atoms with van der Waals surface area (Å²) in [5.74, 6) is 0. The second-order valence-corrected chi connectivity index (χ2v) is 7.10. The monoisotopic (exact) mass is 324 g/mol. The highest BCUT2D eigenvalue weighted by Crippen LogP contribution is 2.23. The summed E-state index contributed by atoms with van der Waals surface area (Å²) in [7, 11) is 3.43. The number of hydrogen-bond donors (Lipinski definition) is 0. The van der Waals surface area contributed by atoms with Crippen LogP contribution in [0.25, 0.3) is 12.2 Å². The zero-order chi connectivity index (χ0) is 17.6. The van der Waals surface area contributed by atoms with Gasteiger partial charge in [0.2, 0.25) is 0 Å². The molecule has 128 valence electrons. The summed E-state index contributed by atoms with van der Waals surface area (Å²) in [4.78, 5) is 0. The fourth-order valence-corrected chi connectivity index (χ4v) is 2.62. The number of methoxy groups -OCH3 is 2. The van der Waals surface area contributed by atoms with E-state index in [-0.39, 0.29) is 5.41 Å². The summed E-state index contributed by atoms with van der Waals surface area (Å²) in [5, 5.41) is 0. The van der Waals surface area contributed by atoms with Crippen molar-refractivity contribution in [1.29, 1.82) is 0 Å². The lowest BCUT2D eigenvalue weighted by molar-refractivity contribution is 0.168. The van der Waals surface area contributed by atoms with Gasteiger partial charge in [-0.05, 0) is 39.3 Å². The van der Waals surface area contributed by atoms with Crippen molar-refractivity contribution in [2.45, 2.75) is 39.4 Å². The molecular formula is C22H28O2. The first-order chi connectivity index (χ1) is 11.4. The molecule has 2 nitrogen and oxygen atoms in total. The van der Waals surface area contributed by atoms with Crippen molar-refractivity contribution in [1.82, 2.24) is 0 Å². The lowest BCUT2D eigenvalue weighted by Crippen LogP contribution is -2.10. The van der Waals surface area contributed by atoms with E-state index in [9.17, 15) is 0 Å². The maximum absolute atomic E-state index is 5.30. The van der Waals surface area contributed by atoms with Gasteiger partial charge in [0.1, 0.15) is 0 Å². The van der Waals surface area contributed by atoms with E-state index >= 15 is 0 Å². The van der Waals surface area contributed by atoms with Crippen molar-refractivity contribution in [2.24, 2.45) is 0 Å². The maximum atomic E-state index is 5.30. The Labute approximate surface area is 146 Å². The molecule has 0 saturated heterocycles. The predicted octanol–water partition coefficient (Wildman–Crippen LogP) is 5.45. The van der Waals surface area contributed by atoms with Crippen molar-refractivity contribution in [3.8, 4) is 0 Å². The minimum atomic E-state index is 0.189. The standard InChI is InChI=1S/C22H28O2/c1-22(2,3)21-12-9-17(10-13-21)6-7-18-8-11-19(15-23-4)20(14-18)16-24-5/h6-14H,15-16H2,1-5H3/b7-6+. The first-order valence-electron chi connectivity index (χ1n) is 8.32. The van der Waals surface area contributed by atoms with Crippen LogP contribution in [0.3, 0.4) is 0 Å². The van der Waals surface area contributed by atoms with Crippen molar-refractivity contribution in [3.63, 3.8) is 0 Å². The highest BCUT2D eigenvalue weighted by Gasteiger charge is 2.12. The molecule has 2 aromatic carbocycles. The summed E-state index contributed by atoms with van der Waals surface area (Å²) in [6, 6.07) is 15.2. The van der Waals surface area contributed by atoms with Gasteiger partial charge in [0.05, 0.1) is 13.2 Å². The molecule has 0 bridgehead atoms. The van der Waals surface area contributed by atoms with E-state index in [2.05, 4.69) is 75.4 Å². The lowest BCUT2D eigenvalue weighted by atomic mass is 9.87. The maximum Gasteiger partial charge on any atom is 0.0716 e. The minimum absolute atomic E-state index is 0.189. The zero-order valence-electron chi connectivity index (χ0n) is 15.4. The summed E-state index contributed by atoms with van der Waals surface area (Å²) >= 11 is 0. The summed E-state index contributed by atoms with van der Waals surface area (Å²) in [5.41, 5.74) is 6.26. The Kier molecular flexibility index (Phi) is 6.36. The highest BCUT2D eigenvalue weighted by atomic mass is 16.5. The average molecular weight is 324 g/mol. The smallest absolute Gasteiger partial charge is 0.0716 e. The Morgan fingerprint density at radius 3 is 1.88 bits per heavy atom. The summed E-state index contributed by atoms with van der Waals surface area (Å²) < 4.78 is 10.5. The minimum Gasteiger partial charge on any atom is -0.380 e. The molecule has 2 rings (SSSR count). The van der Waals surface area contributed by atoms with Gasteiger partial charge in [-0.2, -0.15) is 0 Å². The number of rotatable bonds is 6. The van der Waals surface area contributed by atoms with Crippen molar-refractivity contribution in [2.75, 3.05) is 14.2 Å². The van der Waals surface area contributed by atoms with Gasteiger partial charge in [0.15, 0.2) is 0 Å². The van der Waals surface area contributed by atoms with Crippen LogP contribution >= 0.6 is 0 Å². The van der Waals surface area contributed by atoms with Gasteiger partial charge in [-0.3, -0.25) is 0 Å². The molecule has 2 heteroatoms. The van der Waals surface area contributed by atoms with Gasteiger partial charge in [-0.1, -0.05) is 69.3 Å². The van der Waals surface area contributed by atoms with Gasteiger partial charge in [0.25, 0.3) is 0 Å². The number of ether oxygens (including phenoxy) is 2. The average Bonchev–Trinajstić information content (AvgIpc) is 2.55. The van der Waals surface area contributed by atoms with Crippen molar-refractivity contribution < 1.29 is 9.47 Å². The Morgan fingerprint density at radius 1 is 0.750 bits per heavy atom. The topological polar surface area (TPSA) is 18.5 Å². The number of benzene rings is 2. The van der Waals surface area contributed by atoms with Crippen molar-refractivity contribution >= 4 is 12.2 Å². The van der Waals surface area contributed by atoms with Gasteiger partial charge in [-0.25, -0.2) is 0 Å². The van der Waals surface area contributed by atoms with Gasteiger partial charge in [0, 0.05) is 14.2 Å². The van der Waals surface area contributed by atoms with Crippen LogP contribution in [-0.2, 0) is 28.1 Å². The van der Waals surface area contributed by atoms with E-state index in [0.717, 1.165) is 0 Å². The highest BCUT2D eigenvalue weighted by molar-refractivity contribution is 5.70. The van der Waals surface area contributed by atoms with Crippen LogP contribution in [0.5, 0.6) is 0 Å². The third-order valence-electron chi connectivity index (χ3n) is 4.07. The molecule has 24 heavy (non-hydrogen) atoms. The van der Waals surface area contributed by atoms with Crippen LogP contribution < -0.4 is 0 Å².